The summed E-state index contributed by atoms with van der Waals surface area (Å²) in [5.41, 5.74) is 0. The molecule has 0 saturated carbocycles. The van der Waals surface area contributed by atoms with E-state index in [1.54, 1.807) is 8.61 Å². The van der Waals surface area contributed by atoms with Gasteiger partial charge < -0.3 is 10.2 Å². The topological polar surface area (TPSA) is 73.0 Å². The van der Waals surface area contributed by atoms with Crippen LogP contribution in [0.15, 0.2) is 0 Å². The van der Waals surface area contributed by atoms with E-state index in [-0.39, 0.29) is 11.8 Å². The highest BCUT2D eigenvalue weighted by Gasteiger charge is 2.35. The SMILES string of the molecule is CC1CCN(S(=O)(=O)N2CCC(C(=O)NCCN(C)C)CC2)CC1. The van der Waals surface area contributed by atoms with Crippen LogP contribution in [0.5, 0.6) is 0 Å². The van der Waals surface area contributed by atoms with Gasteiger partial charge in [-0.2, -0.15) is 17.0 Å². The minimum absolute atomic E-state index is 0.0562. The van der Waals surface area contributed by atoms with Crippen LogP contribution in [0.25, 0.3) is 0 Å². The first-order chi connectivity index (χ1) is 11.3. The molecule has 2 aliphatic heterocycles. The fourth-order valence-corrected chi connectivity index (χ4v) is 4.95. The van der Waals surface area contributed by atoms with E-state index in [4.69, 9.17) is 0 Å². The van der Waals surface area contributed by atoms with Gasteiger partial charge in [0, 0.05) is 45.2 Å². The molecule has 140 valence electrons. The minimum Gasteiger partial charge on any atom is -0.355 e. The summed E-state index contributed by atoms with van der Waals surface area (Å²) in [6, 6.07) is 0. The van der Waals surface area contributed by atoms with Crippen molar-refractivity contribution < 1.29 is 13.2 Å². The first kappa shape index (κ1) is 19.6. The highest BCUT2D eigenvalue weighted by molar-refractivity contribution is 7.86. The second-order valence-electron chi connectivity index (χ2n) is 7.36. The third kappa shape index (κ3) is 5.15. The summed E-state index contributed by atoms with van der Waals surface area (Å²) in [5.74, 6) is 0.591. The lowest BCUT2D eigenvalue weighted by molar-refractivity contribution is -0.126. The lowest BCUT2D eigenvalue weighted by atomic mass is 9.97. The monoisotopic (exact) mass is 360 g/mol. The average Bonchev–Trinajstić information content (AvgIpc) is 2.55. The molecule has 1 amide bonds. The molecular formula is C16H32N4O3S. The highest BCUT2D eigenvalue weighted by atomic mass is 32.2. The van der Waals surface area contributed by atoms with E-state index in [2.05, 4.69) is 12.2 Å². The molecule has 0 aromatic rings. The molecule has 0 aromatic carbocycles. The number of carbonyl (C=O) groups is 1. The predicted molar refractivity (Wildman–Crippen MR) is 94.8 cm³/mol. The van der Waals surface area contributed by atoms with Gasteiger partial charge in [-0.3, -0.25) is 4.79 Å². The van der Waals surface area contributed by atoms with E-state index in [1.165, 1.54) is 0 Å². The first-order valence-electron chi connectivity index (χ1n) is 8.98. The van der Waals surface area contributed by atoms with Crippen molar-refractivity contribution in [1.29, 1.82) is 0 Å². The number of rotatable bonds is 6. The Bertz CT molecular complexity index is 507. The maximum absolute atomic E-state index is 12.7. The van der Waals surface area contributed by atoms with E-state index >= 15 is 0 Å². The van der Waals surface area contributed by atoms with Crippen LogP contribution in [-0.2, 0) is 15.0 Å². The quantitative estimate of drug-likeness (QED) is 0.742. The van der Waals surface area contributed by atoms with Crippen LogP contribution < -0.4 is 5.32 Å². The van der Waals surface area contributed by atoms with Gasteiger partial charge in [0.1, 0.15) is 0 Å². The second-order valence-corrected chi connectivity index (χ2v) is 9.29. The Morgan fingerprint density at radius 2 is 1.54 bits per heavy atom. The van der Waals surface area contributed by atoms with Gasteiger partial charge in [0.15, 0.2) is 0 Å². The third-order valence-electron chi connectivity index (χ3n) is 5.08. The molecule has 2 rings (SSSR count). The van der Waals surface area contributed by atoms with Crippen LogP contribution in [-0.4, -0.2) is 81.2 Å². The molecule has 0 bridgehead atoms. The van der Waals surface area contributed by atoms with E-state index in [9.17, 15) is 13.2 Å². The zero-order valence-corrected chi connectivity index (χ0v) is 16.0. The van der Waals surface area contributed by atoms with Gasteiger partial charge in [0.25, 0.3) is 10.2 Å². The molecule has 0 atom stereocenters. The van der Waals surface area contributed by atoms with Crippen LogP contribution in [0.1, 0.15) is 32.6 Å². The summed E-state index contributed by atoms with van der Waals surface area (Å²) < 4.78 is 28.6. The maximum Gasteiger partial charge on any atom is 0.281 e. The molecule has 2 saturated heterocycles. The number of hydrogen-bond donors (Lipinski definition) is 1. The Kier molecular flexibility index (Phi) is 7.03. The molecule has 8 heteroatoms. The van der Waals surface area contributed by atoms with Crippen molar-refractivity contribution in [2.45, 2.75) is 32.6 Å². The summed E-state index contributed by atoms with van der Waals surface area (Å²) in [7, 11) is 0.581. The molecule has 0 aliphatic carbocycles. The lowest BCUT2D eigenvalue weighted by Gasteiger charge is -2.37. The first-order valence-corrected chi connectivity index (χ1v) is 10.4. The minimum atomic E-state index is -3.36. The van der Waals surface area contributed by atoms with E-state index in [0.29, 0.717) is 51.5 Å². The number of piperidine rings is 2. The number of hydrogen-bond acceptors (Lipinski definition) is 4. The van der Waals surface area contributed by atoms with Crippen molar-refractivity contribution >= 4 is 16.1 Å². The van der Waals surface area contributed by atoms with Crippen molar-refractivity contribution in [3.05, 3.63) is 0 Å². The van der Waals surface area contributed by atoms with Crippen molar-refractivity contribution in [3.63, 3.8) is 0 Å². The Labute approximate surface area is 146 Å². The number of likely N-dealkylation sites (N-methyl/N-ethyl adjacent to an activating group) is 1. The zero-order chi connectivity index (χ0) is 17.7. The average molecular weight is 361 g/mol. The predicted octanol–water partition coefficient (Wildman–Crippen LogP) is 0.353. The lowest BCUT2D eigenvalue weighted by Crippen LogP contribution is -2.50. The van der Waals surface area contributed by atoms with E-state index in [0.717, 1.165) is 19.4 Å². The van der Waals surface area contributed by atoms with Crippen molar-refractivity contribution in [1.82, 2.24) is 18.8 Å². The van der Waals surface area contributed by atoms with Crippen LogP contribution >= 0.6 is 0 Å². The van der Waals surface area contributed by atoms with Gasteiger partial charge in [-0.25, -0.2) is 0 Å². The van der Waals surface area contributed by atoms with Crippen molar-refractivity contribution in [2.75, 3.05) is 53.4 Å². The van der Waals surface area contributed by atoms with Crippen molar-refractivity contribution in [3.8, 4) is 0 Å². The summed E-state index contributed by atoms with van der Waals surface area (Å²) in [6.45, 7) is 5.75. The van der Waals surface area contributed by atoms with Crippen molar-refractivity contribution in [2.24, 2.45) is 11.8 Å². The molecule has 0 aromatic heterocycles. The van der Waals surface area contributed by atoms with Crippen LogP contribution in [0, 0.1) is 11.8 Å². The Balaban J connectivity index is 1.80. The third-order valence-corrected chi connectivity index (χ3v) is 7.11. The molecule has 7 nitrogen and oxygen atoms in total. The number of carbonyl (C=O) groups excluding carboxylic acids is 1. The van der Waals surface area contributed by atoms with Gasteiger partial charge in [0.2, 0.25) is 5.91 Å². The van der Waals surface area contributed by atoms with Gasteiger partial charge in [-0.1, -0.05) is 6.92 Å². The normalized spacial score (nSPS) is 22.8. The van der Waals surface area contributed by atoms with Gasteiger partial charge in [-0.15, -0.1) is 0 Å². The van der Waals surface area contributed by atoms with Gasteiger partial charge in [-0.05, 0) is 45.7 Å². The summed E-state index contributed by atoms with van der Waals surface area (Å²) in [6.07, 6.45) is 3.09. The Hall–Kier alpha value is -0.700. The molecular weight excluding hydrogens is 328 g/mol. The van der Waals surface area contributed by atoms with E-state index in [1.807, 2.05) is 19.0 Å². The molecule has 24 heavy (non-hydrogen) atoms. The standard InChI is InChI=1S/C16H32N4O3S/c1-14-4-9-19(10-5-14)24(22,23)20-11-6-15(7-12-20)16(21)17-8-13-18(2)3/h14-15H,4-13H2,1-3H3,(H,17,21). The molecule has 0 unspecified atom stereocenters. The van der Waals surface area contributed by atoms with Gasteiger partial charge in [0.05, 0.1) is 0 Å². The summed E-state index contributed by atoms with van der Waals surface area (Å²) in [5, 5.41) is 2.95. The fraction of sp³-hybridized carbons (Fsp3) is 0.938. The van der Waals surface area contributed by atoms with Gasteiger partial charge >= 0.3 is 0 Å². The smallest absolute Gasteiger partial charge is 0.281 e. The molecule has 0 spiro atoms. The zero-order valence-electron chi connectivity index (χ0n) is 15.2. The largest absolute Gasteiger partial charge is 0.355 e. The number of nitrogens with zero attached hydrogens (tertiary/aromatic N) is 3. The number of nitrogens with one attached hydrogen (secondary N) is 1. The summed E-state index contributed by atoms with van der Waals surface area (Å²) >= 11 is 0. The Morgan fingerprint density at radius 3 is 2.04 bits per heavy atom. The molecule has 2 heterocycles. The molecule has 2 fully saturated rings. The Morgan fingerprint density at radius 1 is 1.04 bits per heavy atom. The second kappa shape index (κ2) is 8.60. The fourth-order valence-electron chi connectivity index (χ4n) is 3.27. The maximum atomic E-state index is 12.7. The van der Waals surface area contributed by atoms with Crippen LogP contribution in [0.4, 0.5) is 0 Å². The number of amides is 1. The highest BCUT2D eigenvalue weighted by Crippen LogP contribution is 2.25. The van der Waals surface area contributed by atoms with Crippen LogP contribution in [0.3, 0.4) is 0 Å². The van der Waals surface area contributed by atoms with Crippen LogP contribution in [0.2, 0.25) is 0 Å². The van der Waals surface area contributed by atoms with E-state index < -0.39 is 10.2 Å². The summed E-state index contributed by atoms with van der Waals surface area (Å²) in [4.78, 5) is 14.2. The molecule has 1 N–H and O–H groups in total. The molecule has 2 aliphatic rings. The molecule has 0 radical (unpaired) electrons.